The lowest BCUT2D eigenvalue weighted by Crippen LogP contribution is -2.32. The number of fused-ring (bicyclic) bond motifs is 1. The maximum absolute atomic E-state index is 10.3. The predicted octanol–water partition coefficient (Wildman–Crippen LogP) is 1.67. The van der Waals surface area contributed by atoms with Crippen LogP contribution in [0.2, 0.25) is 0 Å². The second kappa shape index (κ2) is 5.07. The highest BCUT2D eigenvalue weighted by Crippen LogP contribution is 2.25. The van der Waals surface area contributed by atoms with Gasteiger partial charge in [0.1, 0.15) is 6.54 Å². The fourth-order valence-corrected chi connectivity index (χ4v) is 2.33. The molecule has 2 rings (SSSR count). The van der Waals surface area contributed by atoms with E-state index in [1.54, 1.807) is 0 Å². The van der Waals surface area contributed by atoms with Gasteiger partial charge >= 0.3 is 5.97 Å². The molecular weight excluding hydrogens is 258 g/mol. The molecule has 2 aromatic rings. The molecule has 0 aliphatic heterocycles. The first kappa shape index (κ1) is 11.7. The molecule has 1 aromatic carbocycles. The van der Waals surface area contributed by atoms with Crippen molar-refractivity contribution in [2.45, 2.75) is 0 Å². The highest BCUT2D eigenvalue weighted by Gasteiger charge is 2.05. The fourth-order valence-electron chi connectivity index (χ4n) is 1.22. The van der Waals surface area contributed by atoms with Gasteiger partial charge in [-0.15, -0.1) is 0 Å². The maximum Gasteiger partial charge on any atom is 0.322 e. The lowest BCUT2D eigenvalue weighted by molar-refractivity contribution is -0.135. The molecule has 0 aliphatic rings. The number of hydrogen-bond donors (Lipinski definition) is 3. The standard InChI is InChI=1S/C10H9N3O2S2/c14-8(15)5-11-9(16)13-10-12-6-3-1-2-4-7(6)17-10/h1-4H,5H2,(H,14,15)(H2,11,12,13,16). The van der Waals surface area contributed by atoms with Gasteiger partial charge in [-0.2, -0.15) is 0 Å². The Morgan fingerprint density at radius 3 is 2.94 bits per heavy atom. The number of aromatic nitrogens is 1. The van der Waals surface area contributed by atoms with Crippen molar-refractivity contribution in [2.24, 2.45) is 0 Å². The molecule has 5 nitrogen and oxygen atoms in total. The molecule has 0 saturated carbocycles. The zero-order valence-electron chi connectivity index (χ0n) is 8.64. The van der Waals surface area contributed by atoms with E-state index in [-0.39, 0.29) is 11.7 Å². The van der Waals surface area contributed by atoms with Gasteiger partial charge in [0.05, 0.1) is 10.2 Å². The van der Waals surface area contributed by atoms with E-state index in [9.17, 15) is 4.79 Å². The Hall–Kier alpha value is -1.73. The van der Waals surface area contributed by atoms with Crippen LogP contribution in [0.3, 0.4) is 0 Å². The zero-order valence-corrected chi connectivity index (χ0v) is 10.3. The summed E-state index contributed by atoms with van der Waals surface area (Å²) in [5.74, 6) is -0.960. The highest BCUT2D eigenvalue weighted by atomic mass is 32.1. The third-order valence-electron chi connectivity index (χ3n) is 1.91. The van der Waals surface area contributed by atoms with Gasteiger partial charge in [0.25, 0.3) is 0 Å². The van der Waals surface area contributed by atoms with Gasteiger partial charge in [-0.1, -0.05) is 23.5 Å². The van der Waals surface area contributed by atoms with Crippen LogP contribution in [0.4, 0.5) is 5.13 Å². The minimum Gasteiger partial charge on any atom is -0.480 e. The van der Waals surface area contributed by atoms with Gasteiger partial charge in [-0.25, -0.2) is 4.98 Å². The van der Waals surface area contributed by atoms with Crippen molar-refractivity contribution in [1.82, 2.24) is 10.3 Å². The third-order valence-corrected chi connectivity index (χ3v) is 3.11. The molecule has 0 bridgehead atoms. The molecule has 0 saturated heterocycles. The molecule has 1 heterocycles. The van der Waals surface area contributed by atoms with Crippen LogP contribution in [-0.2, 0) is 4.79 Å². The van der Waals surface area contributed by atoms with Crippen LogP contribution in [0.25, 0.3) is 10.2 Å². The number of nitrogens with one attached hydrogen (secondary N) is 2. The third kappa shape index (κ3) is 3.11. The lowest BCUT2D eigenvalue weighted by atomic mass is 10.3. The summed E-state index contributed by atoms with van der Waals surface area (Å²) in [5, 5.41) is 14.8. The van der Waals surface area contributed by atoms with Gasteiger partial charge < -0.3 is 15.7 Å². The fraction of sp³-hybridized carbons (Fsp3) is 0.100. The first-order valence-corrected chi connectivity index (χ1v) is 6.00. The van der Waals surface area contributed by atoms with Crippen LogP contribution in [0, 0.1) is 0 Å². The highest BCUT2D eigenvalue weighted by molar-refractivity contribution is 7.80. The number of anilines is 1. The first-order chi connectivity index (χ1) is 8.15. The van der Waals surface area contributed by atoms with Crippen molar-refractivity contribution in [3.8, 4) is 0 Å². The second-order valence-corrected chi connectivity index (χ2v) is 4.63. The molecule has 0 spiro atoms. The van der Waals surface area contributed by atoms with Crippen molar-refractivity contribution < 1.29 is 9.90 Å². The van der Waals surface area contributed by atoms with E-state index in [1.165, 1.54) is 11.3 Å². The molecule has 17 heavy (non-hydrogen) atoms. The Morgan fingerprint density at radius 2 is 2.24 bits per heavy atom. The second-order valence-electron chi connectivity index (χ2n) is 3.19. The number of carboxylic acid groups (broad SMARTS) is 1. The normalized spacial score (nSPS) is 10.1. The van der Waals surface area contributed by atoms with Gasteiger partial charge in [-0.3, -0.25) is 4.79 Å². The SMILES string of the molecule is O=C(O)CNC(=S)Nc1nc2ccccc2s1. The number of carboxylic acids is 1. The monoisotopic (exact) mass is 267 g/mol. The Bertz CT molecular complexity index is 534. The summed E-state index contributed by atoms with van der Waals surface area (Å²) >= 11 is 6.40. The van der Waals surface area contributed by atoms with Crippen molar-refractivity contribution in [3.05, 3.63) is 24.3 Å². The van der Waals surface area contributed by atoms with Crippen LogP contribution in [0.15, 0.2) is 24.3 Å². The van der Waals surface area contributed by atoms with E-state index in [4.69, 9.17) is 17.3 Å². The summed E-state index contributed by atoms with van der Waals surface area (Å²) in [4.78, 5) is 14.6. The predicted molar refractivity (Wildman–Crippen MR) is 71.5 cm³/mol. The van der Waals surface area contributed by atoms with Gasteiger partial charge in [0.15, 0.2) is 10.2 Å². The number of rotatable bonds is 3. The first-order valence-electron chi connectivity index (χ1n) is 4.77. The number of hydrogen-bond acceptors (Lipinski definition) is 4. The van der Waals surface area contributed by atoms with E-state index in [0.717, 1.165) is 10.2 Å². The maximum atomic E-state index is 10.3. The average Bonchev–Trinajstić information content (AvgIpc) is 2.68. The van der Waals surface area contributed by atoms with Gasteiger partial charge in [0.2, 0.25) is 0 Å². The summed E-state index contributed by atoms with van der Waals surface area (Å²) in [7, 11) is 0. The molecular formula is C10H9N3O2S2. The van der Waals surface area contributed by atoms with Crippen molar-refractivity contribution in [2.75, 3.05) is 11.9 Å². The molecule has 7 heteroatoms. The Morgan fingerprint density at radius 1 is 1.47 bits per heavy atom. The Labute approximate surface area is 106 Å². The zero-order chi connectivity index (χ0) is 12.3. The Kier molecular flexibility index (Phi) is 3.50. The molecule has 0 unspecified atom stereocenters. The number of thiocarbonyl (C=S) groups is 1. The number of nitrogens with zero attached hydrogens (tertiary/aromatic N) is 1. The minimum atomic E-state index is -0.960. The molecule has 88 valence electrons. The number of thiazole rings is 1. The summed E-state index contributed by atoms with van der Waals surface area (Å²) < 4.78 is 1.05. The van der Waals surface area contributed by atoms with E-state index in [2.05, 4.69) is 15.6 Å². The smallest absolute Gasteiger partial charge is 0.322 e. The quantitative estimate of drug-likeness (QED) is 0.735. The van der Waals surface area contributed by atoms with Crippen LogP contribution >= 0.6 is 23.6 Å². The summed E-state index contributed by atoms with van der Waals surface area (Å²) in [6, 6.07) is 7.72. The topological polar surface area (TPSA) is 74.2 Å². The van der Waals surface area contributed by atoms with Crippen LogP contribution in [-0.4, -0.2) is 27.7 Å². The average molecular weight is 267 g/mol. The molecule has 3 N–H and O–H groups in total. The van der Waals surface area contributed by atoms with Crippen LogP contribution in [0.1, 0.15) is 0 Å². The van der Waals surface area contributed by atoms with E-state index in [0.29, 0.717) is 5.13 Å². The molecule has 0 fully saturated rings. The molecule has 0 amide bonds. The molecule has 0 radical (unpaired) electrons. The Balaban J connectivity index is 2.03. The van der Waals surface area contributed by atoms with Crippen LogP contribution < -0.4 is 10.6 Å². The van der Waals surface area contributed by atoms with Crippen molar-refractivity contribution in [1.29, 1.82) is 0 Å². The minimum absolute atomic E-state index is 0.212. The lowest BCUT2D eigenvalue weighted by Gasteiger charge is -2.04. The summed E-state index contributed by atoms with van der Waals surface area (Å²) in [6.45, 7) is -0.212. The van der Waals surface area contributed by atoms with Gasteiger partial charge in [-0.05, 0) is 24.4 Å². The number of para-hydroxylation sites is 1. The number of carbonyl (C=O) groups is 1. The van der Waals surface area contributed by atoms with E-state index >= 15 is 0 Å². The van der Waals surface area contributed by atoms with E-state index in [1.807, 2.05) is 24.3 Å². The van der Waals surface area contributed by atoms with Crippen molar-refractivity contribution >= 4 is 50.0 Å². The largest absolute Gasteiger partial charge is 0.480 e. The van der Waals surface area contributed by atoms with Crippen LogP contribution in [0.5, 0.6) is 0 Å². The summed E-state index contributed by atoms with van der Waals surface area (Å²) in [5.41, 5.74) is 0.890. The molecule has 1 aromatic heterocycles. The van der Waals surface area contributed by atoms with Crippen molar-refractivity contribution in [3.63, 3.8) is 0 Å². The summed E-state index contributed by atoms with van der Waals surface area (Å²) in [6.07, 6.45) is 0. The number of benzene rings is 1. The van der Waals surface area contributed by atoms with E-state index < -0.39 is 5.97 Å². The molecule has 0 atom stereocenters. The number of aliphatic carboxylic acids is 1. The molecule has 0 aliphatic carbocycles. The van der Waals surface area contributed by atoms with Gasteiger partial charge in [0, 0.05) is 0 Å².